The molecule has 0 aromatic rings. The van der Waals surface area contributed by atoms with Crippen LogP contribution < -0.4 is 5.32 Å². The van der Waals surface area contributed by atoms with Gasteiger partial charge in [-0.05, 0) is 38.5 Å². The second kappa shape index (κ2) is 10.3. The maximum Gasteiger partial charge on any atom is 0.157 e. The highest BCUT2D eigenvalue weighted by Crippen LogP contribution is 2.33. The number of aliphatic imine (C=N–C) groups is 1. The lowest BCUT2D eigenvalue weighted by atomic mass is 9.74. The van der Waals surface area contributed by atoms with Crippen molar-refractivity contribution in [2.24, 2.45) is 16.8 Å². The van der Waals surface area contributed by atoms with E-state index in [1.165, 1.54) is 32.1 Å². The molecule has 1 saturated carbocycles. The van der Waals surface area contributed by atoms with Crippen LogP contribution in [-0.2, 0) is 0 Å². The molecule has 0 heterocycles. The zero-order valence-electron chi connectivity index (χ0n) is 13.7. The average molecular weight is 297 g/mol. The monoisotopic (exact) mass is 296 g/mol. The Bertz CT molecular complexity index is 300. The summed E-state index contributed by atoms with van der Waals surface area (Å²) in [5, 5.41) is 4.94. The summed E-state index contributed by atoms with van der Waals surface area (Å²) < 4.78 is 0. The summed E-state index contributed by atoms with van der Waals surface area (Å²) in [7, 11) is 0. The molecule has 0 radical (unpaired) electrons. The topological polar surface area (TPSA) is 24.4 Å². The molecule has 1 fully saturated rings. The van der Waals surface area contributed by atoms with Crippen LogP contribution in [0.15, 0.2) is 17.1 Å². The summed E-state index contributed by atoms with van der Waals surface area (Å²) >= 11 is 1.84. The molecule has 1 aliphatic carbocycles. The van der Waals surface area contributed by atoms with Gasteiger partial charge in [0.25, 0.3) is 0 Å². The Morgan fingerprint density at radius 3 is 2.35 bits per heavy atom. The van der Waals surface area contributed by atoms with E-state index in [-0.39, 0.29) is 0 Å². The number of thioether (sulfide) groups is 1. The first-order chi connectivity index (χ1) is 9.76. The summed E-state index contributed by atoms with van der Waals surface area (Å²) in [4.78, 5) is 4.66. The number of hydrogen-bond acceptors (Lipinski definition) is 2. The molecular formula is C17H32N2S. The molecule has 2 nitrogen and oxygen atoms in total. The molecule has 0 spiro atoms. The van der Waals surface area contributed by atoms with E-state index < -0.39 is 0 Å². The highest BCUT2D eigenvalue weighted by Gasteiger charge is 2.31. The fourth-order valence-electron chi connectivity index (χ4n) is 3.18. The van der Waals surface area contributed by atoms with Gasteiger partial charge < -0.3 is 5.32 Å². The van der Waals surface area contributed by atoms with Crippen LogP contribution in [0.25, 0.3) is 0 Å². The van der Waals surface area contributed by atoms with Crippen LogP contribution in [0.4, 0.5) is 0 Å². The summed E-state index contributed by atoms with van der Waals surface area (Å²) in [5.74, 6) is 2.65. The third kappa shape index (κ3) is 5.51. The first-order valence-corrected chi connectivity index (χ1v) is 9.30. The van der Waals surface area contributed by atoms with E-state index in [2.05, 4.69) is 50.2 Å². The highest BCUT2D eigenvalue weighted by atomic mass is 32.2. The third-order valence-electron chi connectivity index (χ3n) is 4.36. The van der Waals surface area contributed by atoms with Gasteiger partial charge in [-0.3, -0.25) is 4.99 Å². The smallest absolute Gasteiger partial charge is 0.157 e. The third-order valence-corrected chi connectivity index (χ3v) is 5.24. The first kappa shape index (κ1) is 17.6. The fourth-order valence-corrected chi connectivity index (χ4v) is 4.07. The molecule has 0 aromatic heterocycles. The van der Waals surface area contributed by atoms with Crippen molar-refractivity contribution in [3.8, 4) is 0 Å². The molecule has 1 aliphatic rings. The number of hydrogen-bond donors (Lipinski definition) is 1. The number of nitrogens with one attached hydrogen (secondary N) is 1. The van der Waals surface area contributed by atoms with E-state index in [1.54, 1.807) is 0 Å². The lowest BCUT2D eigenvalue weighted by molar-refractivity contribution is 0.194. The van der Waals surface area contributed by atoms with Crippen LogP contribution in [0, 0.1) is 11.8 Å². The van der Waals surface area contributed by atoms with Gasteiger partial charge in [0.2, 0.25) is 0 Å². The maximum atomic E-state index is 4.66. The predicted molar refractivity (Wildman–Crippen MR) is 93.6 cm³/mol. The average Bonchev–Trinajstić information content (AvgIpc) is 2.47. The minimum absolute atomic E-state index is 0.627. The minimum atomic E-state index is 0.627. The number of rotatable bonds is 6. The quantitative estimate of drug-likeness (QED) is 0.430. The van der Waals surface area contributed by atoms with E-state index in [0.717, 1.165) is 29.3 Å². The van der Waals surface area contributed by atoms with Gasteiger partial charge in [0.05, 0.1) is 0 Å². The predicted octanol–water partition coefficient (Wildman–Crippen LogP) is 4.87. The molecule has 1 rings (SSSR count). The normalized spacial score (nSPS) is 28.0. The molecule has 0 aliphatic heterocycles. The molecule has 0 bridgehead atoms. The largest absolute Gasteiger partial charge is 0.362 e. The lowest BCUT2D eigenvalue weighted by Crippen LogP contribution is -2.46. The Balaban J connectivity index is 2.68. The Morgan fingerprint density at radius 1 is 1.20 bits per heavy atom. The van der Waals surface area contributed by atoms with Gasteiger partial charge in [0.15, 0.2) is 5.17 Å². The lowest BCUT2D eigenvalue weighted by Gasteiger charge is -2.38. The highest BCUT2D eigenvalue weighted by molar-refractivity contribution is 8.13. The maximum absolute atomic E-state index is 4.66. The van der Waals surface area contributed by atoms with Gasteiger partial charge in [-0.1, -0.05) is 57.0 Å². The summed E-state index contributed by atoms with van der Waals surface area (Å²) in [6, 6.07) is 0.627. The van der Waals surface area contributed by atoms with Gasteiger partial charge in [0.1, 0.15) is 0 Å². The molecule has 1 N–H and O–H groups in total. The Kier molecular flexibility index (Phi) is 9.08. The Morgan fingerprint density at radius 2 is 1.85 bits per heavy atom. The second-order valence-corrected chi connectivity index (χ2v) is 6.61. The van der Waals surface area contributed by atoms with Crippen LogP contribution >= 0.6 is 11.8 Å². The van der Waals surface area contributed by atoms with E-state index >= 15 is 0 Å². The van der Waals surface area contributed by atoms with Crippen molar-refractivity contribution in [2.45, 2.75) is 65.8 Å². The van der Waals surface area contributed by atoms with Crippen molar-refractivity contribution in [3.05, 3.63) is 12.2 Å². The second-order valence-electron chi connectivity index (χ2n) is 5.60. The van der Waals surface area contributed by atoms with Crippen LogP contribution in [0.1, 0.15) is 59.8 Å². The van der Waals surface area contributed by atoms with Gasteiger partial charge in [-0.25, -0.2) is 0 Å². The summed E-state index contributed by atoms with van der Waals surface area (Å²) in [6.07, 6.45) is 11.0. The Hall–Kier alpha value is -0.440. The van der Waals surface area contributed by atoms with E-state index in [9.17, 15) is 0 Å². The van der Waals surface area contributed by atoms with Gasteiger partial charge >= 0.3 is 0 Å². The van der Waals surface area contributed by atoms with Crippen molar-refractivity contribution in [1.82, 2.24) is 5.32 Å². The van der Waals surface area contributed by atoms with E-state index in [0.29, 0.717) is 6.04 Å². The SMILES string of the molecule is CC=CCSC(=NCC)NC1C(CC)CCCC1CC. The van der Waals surface area contributed by atoms with Crippen molar-refractivity contribution >= 4 is 16.9 Å². The fraction of sp³-hybridized carbons (Fsp3) is 0.824. The van der Waals surface area contributed by atoms with Crippen molar-refractivity contribution in [2.75, 3.05) is 12.3 Å². The van der Waals surface area contributed by atoms with Crippen LogP contribution in [-0.4, -0.2) is 23.5 Å². The van der Waals surface area contributed by atoms with Crippen LogP contribution in [0.3, 0.4) is 0 Å². The number of allylic oxidation sites excluding steroid dienone is 1. The molecule has 0 aromatic carbocycles. The molecule has 3 heteroatoms. The van der Waals surface area contributed by atoms with Crippen LogP contribution in [0.5, 0.6) is 0 Å². The number of nitrogens with zero attached hydrogens (tertiary/aromatic N) is 1. The van der Waals surface area contributed by atoms with Crippen molar-refractivity contribution < 1.29 is 0 Å². The standard InChI is InChI=1S/C17H32N2S/c1-5-9-13-20-17(18-8-4)19-16-14(6-2)11-10-12-15(16)7-3/h5,9,14-16H,6-8,10-13H2,1-4H3,(H,18,19). The molecule has 20 heavy (non-hydrogen) atoms. The van der Waals surface area contributed by atoms with E-state index in [4.69, 9.17) is 0 Å². The van der Waals surface area contributed by atoms with Gasteiger partial charge in [-0.2, -0.15) is 0 Å². The minimum Gasteiger partial charge on any atom is -0.362 e. The zero-order chi connectivity index (χ0) is 14.8. The molecule has 116 valence electrons. The molecule has 0 amide bonds. The molecular weight excluding hydrogens is 264 g/mol. The summed E-state index contributed by atoms with van der Waals surface area (Å²) in [5.41, 5.74) is 0. The number of amidine groups is 1. The summed E-state index contributed by atoms with van der Waals surface area (Å²) in [6.45, 7) is 9.73. The van der Waals surface area contributed by atoms with E-state index in [1.807, 2.05) is 11.8 Å². The molecule has 2 atom stereocenters. The van der Waals surface area contributed by atoms with Crippen molar-refractivity contribution in [3.63, 3.8) is 0 Å². The molecule has 0 saturated heterocycles. The van der Waals surface area contributed by atoms with Gasteiger partial charge in [-0.15, -0.1) is 0 Å². The zero-order valence-corrected chi connectivity index (χ0v) is 14.5. The van der Waals surface area contributed by atoms with Gasteiger partial charge in [0, 0.05) is 18.3 Å². The van der Waals surface area contributed by atoms with Crippen molar-refractivity contribution in [1.29, 1.82) is 0 Å². The Labute approximate surface area is 129 Å². The molecule has 2 unspecified atom stereocenters. The van der Waals surface area contributed by atoms with Crippen LogP contribution in [0.2, 0.25) is 0 Å². The first-order valence-electron chi connectivity index (χ1n) is 8.31.